The summed E-state index contributed by atoms with van der Waals surface area (Å²) >= 11 is 4.77. The Balaban J connectivity index is 2.21. The summed E-state index contributed by atoms with van der Waals surface area (Å²) in [6.45, 7) is 0.602. The molecule has 0 aliphatic carbocycles. The van der Waals surface area contributed by atoms with E-state index in [1.54, 1.807) is 31.4 Å². The number of hydrogen-bond donors (Lipinski definition) is 3. The molecule has 104 valence electrons. The summed E-state index contributed by atoms with van der Waals surface area (Å²) in [6.07, 6.45) is 2.46. The zero-order chi connectivity index (χ0) is 14.1. The molecule has 2 amide bonds. The van der Waals surface area contributed by atoms with Crippen molar-refractivity contribution in [3.8, 4) is 5.75 Å². The molecule has 1 aromatic rings. The molecule has 0 unspecified atom stereocenters. The highest BCUT2D eigenvalue weighted by molar-refractivity contribution is 7.80. The van der Waals surface area contributed by atoms with Crippen molar-refractivity contribution in [2.24, 2.45) is 5.73 Å². The van der Waals surface area contributed by atoms with Gasteiger partial charge in [0.2, 0.25) is 0 Å². The van der Waals surface area contributed by atoms with Crippen LogP contribution in [0.25, 0.3) is 0 Å². The number of urea groups is 1. The van der Waals surface area contributed by atoms with Crippen LogP contribution in [0.3, 0.4) is 0 Å². The van der Waals surface area contributed by atoms with Gasteiger partial charge in [-0.1, -0.05) is 12.2 Å². The largest absolute Gasteiger partial charge is 0.497 e. The number of unbranched alkanes of at least 4 members (excludes halogenated alkanes) is 1. The molecule has 0 saturated carbocycles. The SMILES string of the molecule is COc1ccc(NC(=O)NCCCCC(N)=S)cc1. The van der Waals surface area contributed by atoms with Crippen molar-refractivity contribution in [2.45, 2.75) is 19.3 Å². The second-order valence-corrected chi connectivity index (χ2v) is 4.56. The van der Waals surface area contributed by atoms with Gasteiger partial charge in [0, 0.05) is 12.2 Å². The van der Waals surface area contributed by atoms with Crippen LogP contribution in [0.15, 0.2) is 24.3 Å². The van der Waals surface area contributed by atoms with E-state index in [-0.39, 0.29) is 6.03 Å². The number of hydrogen-bond acceptors (Lipinski definition) is 3. The Kier molecular flexibility index (Phi) is 6.67. The first-order chi connectivity index (χ1) is 9.11. The van der Waals surface area contributed by atoms with Crippen LogP contribution in [-0.4, -0.2) is 24.7 Å². The Morgan fingerprint density at radius 3 is 2.58 bits per heavy atom. The van der Waals surface area contributed by atoms with Gasteiger partial charge < -0.3 is 21.1 Å². The van der Waals surface area contributed by atoms with Crippen LogP contribution in [0, 0.1) is 0 Å². The summed E-state index contributed by atoms with van der Waals surface area (Å²) in [5.74, 6) is 0.753. The molecule has 5 nitrogen and oxygen atoms in total. The standard InChI is InChI=1S/C13H19N3O2S/c1-18-11-7-5-10(6-8-11)16-13(17)15-9-3-2-4-12(14)19/h5-8H,2-4,9H2,1H3,(H2,14,19)(H2,15,16,17). The van der Waals surface area contributed by atoms with E-state index in [9.17, 15) is 4.79 Å². The highest BCUT2D eigenvalue weighted by Crippen LogP contribution is 2.14. The first-order valence-corrected chi connectivity index (χ1v) is 6.50. The molecule has 6 heteroatoms. The van der Waals surface area contributed by atoms with Crippen LogP contribution >= 0.6 is 12.2 Å². The Hall–Kier alpha value is -1.82. The number of anilines is 1. The Bertz CT molecular complexity index is 420. The molecule has 0 saturated heterocycles. The number of methoxy groups -OCH3 is 1. The molecule has 0 aromatic heterocycles. The van der Waals surface area contributed by atoms with E-state index in [0.717, 1.165) is 30.7 Å². The van der Waals surface area contributed by atoms with Crippen LogP contribution < -0.4 is 21.1 Å². The quantitative estimate of drug-likeness (QED) is 0.529. The number of ether oxygens (including phenoxy) is 1. The zero-order valence-electron chi connectivity index (χ0n) is 10.9. The lowest BCUT2D eigenvalue weighted by atomic mass is 10.2. The van der Waals surface area contributed by atoms with Gasteiger partial charge in [0.05, 0.1) is 12.1 Å². The van der Waals surface area contributed by atoms with Crippen molar-refractivity contribution in [3.63, 3.8) is 0 Å². The van der Waals surface area contributed by atoms with Gasteiger partial charge in [-0.05, 0) is 43.5 Å². The Morgan fingerprint density at radius 1 is 1.32 bits per heavy atom. The summed E-state index contributed by atoms with van der Waals surface area (Å²) in [7, 11) is 1.60. The molecule has 0 heterocycles. The maximum atomic E-state index is 11.6. The summed E-state index contributed by atoms with van der Waals surface area (Å²) < 4.78 is 5.04. The molecule has 0 bridgehead atoms. The molecule has 0 atom stereocenters. The lowest BCUT2D eigenvalue weighted by Gasteiger charge is -2.08. The van der Waals surface area contributed by atoms with E-state index in [2.05, 4.69) is 10.6 Å². The van der Waals surface area contributed by atoms with Crippen LogP contribution in [0.1, 0.15) is 19.3 Å². The number of carbonyl (C=O) groups is 1. The third kappa shape index (κ3) is 6.61. The maximum Gasteiger partial charge on any atom is 0.319 e. The van der Waals surface area contributed by atoms with E-state index in [0.29, 0.717) is 11.5 Å². The number of nitrogens with one attached hydrogen (secondary N) is 2. The lowest BCUT2D eigenvalue weighted by molar-refractivity contribution is 0.252. The summed E-state index contributed by atoms with van der Waals surface area (Å²) in [5, 5.41) is 5.50. The predicted octanol–water partition coefficient (Wildman–Crippen LogP) is 2.27. The van der Waals surface area contributed by atoms with Gasteiger partial charge in [-0.15, -0.1) is 0 Å². The van der Waals surface area contributed by atoms with E-state index >= 15 is 0 Å². The fourth-order valence-corrected chi connectivity index (χ4v) is 1.62. The van der Waals surface area contributed by atoms with Crippen LogP contribution in [-0.2, 0) is 0 Å². The molecular formula is C13H19N3O2S. The van der Waals surface area contributed by atoms with Crippen molar-refractivity contribution < 1.29 is 9.53 Å². The van der Waals surface area contributed by atoms with Gasteiger partial charge in [0.25, 0.3) is 0 Å². The monoisotopic (exact) mass is 281 g/mol. The van der Waals surface area contributed by atoms with Gasteiger partial charge in [-0.25, -0.2) is 4.79 Å². The van der Waals surface area contributed by atoms with Crippen molar-refractivity contribution in [1.29, 1.82) is 0 Å². The van der Waals surface area contributed by atoms with E-state index < -0.39 is 0 Å². The molecule has 19 heavy (non-hydrogen) atoms. The predicted molar refractivity (Wildman–Crippen MR) is 80.7 cm³/mol. The molecule has 0 aliphatic rings. The molecule has 0 spiro atoms. The van der Waals surface area contributed by atoms with Crippen molar-refractivity contribution in [2.75, 3.05) is 19.0 Å². The van der Waals surface area contributed by atoms with Crippen molar-refractivity contribution in [3.05, 3.63) is 24.3 Å². The third-order valence-electron chi connectivity index (χ3n) is 2.48. The zero-order valence-corrected chi connectivity index (χ0v) is 11.8. The van der Waals surface area contributed by atoms with Gasteiger partial charge in [-0.3, -0.25) is 0 Å². The van der Waals surface area contributed by atoms with Crippen LogP contribution in [0.5, 0.6) is 5.75 Å². The third-order valence-corrected chi connectivity index (χ3v) is 2.69. The second kappa shape index (κ2) is 8.31. The second-order valence-electron chi connectivity index (χ2n) is 4.03. The normalized spacial score (nSPS) is 9.74. The Labute approximate surface area is 118 Å². The number of amides is 2. The maximum absolute atomic E-state index is 11.6. The molecular weight excluding hydrogens is 262 g/mol. The number of benzene rings is 1. The number of nitrogens with two attached hydrogens (primary N) is 1. The highest BCUT2D eigenvalue weighted by atomic mass is 32.1. The van der Waals surface area contributed by atoms with Crippen molar-refractivity contribution in [1.82, 2.24) is 5.32 Å². The number of thiocarbonyl (C=S) groups is 1. The smallest absolute Gasteiger partial charge is 0.319 e. The van der Waals surface area contributed by atoms with Gasteiger partial charge >= 0.3 is 6.03 Å². The molecule has 4 N–H and O–H groups in total. The fraction of sp³-hybridized carbons (Fsp3) is 0.385. The summed E-state index contributed by atoms with van der Waals surface area (Å²) in [6, 6.07) is 6.92. The molecule has 0 radical (unpaired) electrons. The average Bonchev–Trinajstić information content (AvgIpc) is 2.39. The van der Waals surface area contributed by atoms with E-state index in [1.165, 1.54) is 0 Å². The molecule has 1 aromatic carbocycles. The lowest BCUT2D eigenvalue weighted by Crippen LogP contribution is -2.29. The number of carbonyl (C=O) groups excluding carboxylic acids is 1. The van der Waals surface area contributed by atoms with Gasteiger partial charge in [0.15, 0.2) is 0 Å². The van der Waals surface area contributed by atoms with Gasteiger partial charge in [-0.2, -0.15) is 0 Å². The first kappa shape index (κ1) is 15.2. The van der Waals surface area contributed by atoms with Crippen molar-refractivity contribution >= 4 is 28.9 Å². The van der Waals surface area contributed by atoms with Crippen LogP contribution in [0.2, 0.25) is 0 Å². The van der Waals surface area contributed by atoms with Gasteiger partial charge in [0.1, 0.15) is 5.75 Å². The minimum absolute atomic E-state index is 0.222. The van der Waals surface area contributed by atoms with E-state index in [1.807, 2.05) is 0 Å². The topological polar surface area (TPSA) is 76.4 Å². The number of rotatable bonds is 7. The fourth-order valence-electron chi connectivity index (χ4n) is 1.48. The molecule has 0 fully saturated rings. The van der Waals surface area contributed by atoms with Crippen LogP contribution in [0.4, 0.5) is 10.5 Å². The highest BCUT2D eigenvalue weighted by Gasteiger charge is 2.01. The summed E-state index contributed by atoms with van der Waals surface area (Å²) in [4.78, 5) is 12.1. The molecule has 0 aliphatic heterocycles. The average molecular weight is 281 g/mol. The summed E-state index contributed by atoms with van der Waals surface area (Å²) in [5.41, 5.74) is 6.11. The Morgan fingerprint density at radius 2 is 2.00 bits per heavy atom. The first-order valence-electron chi connectivity index (χ1n) is 6.09. The molecule has 1 rings (SSSR count). The minimum Gasteiger partial charge on any atom is -0.497 e. The minimum atomic E-state index is -0.222. The van der Waals surface area contributed by atoms with E-state index in [4.69, 9.17) is 22.7 Å².